The van der Waals surface area contributed by atoms with Crippen molar-refractivity contribution in [3.63, 3.8) is 0 Å². The molecule has 78 valence electrons. The maximum Gasteiger partial charge on any atom is 0.335 e. The van der Waals surface area contributed by atoms with E-state index in [0.717, 1.165) is 16.7 Å². The van der Waals surface area contributed by atoms with Crippen LogP contribution in [0.15, 0.2) is 6.07 Å². The zero-order chi connectivity index (χ0) is 10.2. The third-order valence-corrected chi connectivity index (χ3v) is 2.71. The molecule has 1 N–H and O–H groups in total. The molecule has 0 aliphatic carbocycles. The summed E-state index contributed by atoms with van der Waals surface area (Å²) in [6.45, 7) is 7.77. The predicted molar refractivity (Wildman–Crippen MR) is 63.5 cm³/mol. The van der Waals surface area contributed by atoms with Gasteiger partial charge in [0.15, 0.2) is 0 Å². The molecule has 0 aliphatic rings. The first-order valence-electron chi connectivity index (χ1n) is 4.26. The Balaban J connectivity index is 0.00000169. The lowest BCUT2D eigenvalue weighted by molar-refractivity contribution is 0.0696. The first-order valence-corrected chi connectivity index (χ1v) is 4.26. The summed E-state index contributed by atoms with van der Waals surface area (Å²) in [4.78, 5) is 10.8. The number of hydrogen-bond donors (Lipinski definition) is 1. The molecule has 1 unspecified atom stereocenters. The standard InChI is InChI=1S/C11H14O2.H3P/c1-6-5-10(11(12)13)9(4)8(3)7(6)2;/h5H,1-4H3,(H,12,13);1H3. The third kappa shape index (κ3) is 2.13. The smallest absolute Gasteiger partial charge is 0.335 e. The Morgan fingerprint density at radius 3 is 2.00 bits per heavy atom. The van der Waals surface area contributed by atoms with Crippen LogP contribution in [-0.4, -0.2) is 11.1 Å². The molecule has 0 saturated heterocycles. The van der Waals surface area contributed by atoms with Crippen LogP contribution in [-0.2, 0) is 0 Å². The highest BCUT2D eigenvalue weighted by atomic mass is 31.0. The minimum Gasteiger partial charge on any atom is -0.478 e. The molecule has 0 saturated carbocycles. The van der Waals surface area contributed by atoms with Crippen LogP contribution in [0.4, 0.5) is 0 Å². The molecule has 0 bridgehead atoms. The van der Waals surface area contributed by atoms with Gasteiger partial charge in [-0.1, -0.05) is 0 Å². The number of carboxylic acids is 1. The summed E-state index contributed by atoms with van der Waals surface area (Å²) in [5, 5.41) is 8.91. The summed E-state index contributed by atoms with van der Waals surface area (Å²) in [7, 11) is 0. The summed E-state index contributed by atoms with van der Waals surface area (Å²) in [6, 6.07) is 1.74. The highest BCUT2D eigenvalue weighted by molar-refractivity contribution is 6.92. The molecule has 1 atom stereocenters. The molecule has 0 amide bonds. The number of aryl methyl sites for hydroxylation is 1. The molecule has 0 aromatic heterocycles. The Kier molecular flexibility index (Phi) is 4.28. The van der Waals surface area contributed by atoms with Crippen LogP contribution in [0.5, 0.6) is 0 Å². The summed E-state index contributed by atoms with van der Waals surface area (Å²) in [5.74, 6) is -0.844. The van der Waals surface area contributed by atoms with Crippen molar-refractivity contribution in [2.45, 2.75) is 27.7 Å². The minimum atomic E-state index is -0.844. The molecule has 1 aromatic carbocycles. The van der Waals surface area contributed by atoms with Gasteiger partial charge < -0.3 is 5.11 Å². The summed E-state index contributed by atoms with van der Waals surface area (Å²) in [5.41, 5.74) is 4.59. The molecule has 3 heteroatoms. The van der Waals surface area contributed by atoms with Crippen LogP contribution in [0.2, 0.25) is 0 Å². The highest BCUT2D eigenvalue weighted by Crippen LogP contribution is 2.20. The van der Waals surface area contributed by atoms with Crippen molar-refractivity contribution in [3.05, 3.63) is 33.9 Å². The van der Waals surface area contributed by atoms with Gasteiger partial charge in [-0.15, -0.1) is 0 Å². The van der Waals surface area contributed by atoms with Crippen molar-refractivity contribution in [1.29, 1.82) is 0 Å². The summed E-state index contributed by atoms with van der Waals surface area (Å²) >= 11 is 0. The molecule has 1 aromatic rings. The second-order valence-corrected chi connectivity index (χ2v) is 3.42. The molecular formula is C11H17O2P. The zero-order valence-corrected chi connectivity index (χ0v) is 10.6. The van der Waals surface area contributed by atoms with Crippen molar-refractivity contribution < 1.29 is 9.90 Å². The first-order chi connectivity index (χ1) is 5.95. The predicted octanol–water partition coefficient (Wildman–Crippen LogP) is 2.68. The number of carbonyl (C=O) groups is 1. The number of rotatable bonds is 1. The van der Waals surface area contributed by atoms with E-state index in [2.05, 4.69) is 0 Å². The van der Waals surface area contributed by atoms with E-state index >= 15 is 0 Å². The fourth-order valence-electron chi connectivity index (χ4n) is 1.43. The van der Waals surface area contributed by atoms with E-state index in [-0.39, 0.29) is 9.90 Å². The maximum absolute atomic E-state index is 10.8. The molecule has 0 spiro atoms. The molecule has 14 heavy (non-hydrogen) atoms. The van der Waals surface area contributed by atoms with Crippen LogP contribution >= 0.6 is 9.90 Å². The number of aromatic carboxylic acids is 1. The molecule has 1 rings (SSSR count). The van der Waals surface area contributed by atoms with Crippen LogP contribution < -0.4 is 0 Å². The van der Waals surface area contributed by atoms with Gasteiger partial charge >= 0.3 is 5.97 Å². The molecule has 0 fully saturated rings. The van der Waals surface area contributed by atoms with Gasteiger partial charge in [0.2, 0.25) is 0 Å². The Morgan fingerprint density at radius 1 is 1.07 bits per heavy atom. The van der Waals surface area contributed by atoms with Gasteiger partial charge in [-0.2, -0.15) is 9.90 Å². The zero-order valence-electron chi connectivity index (χ0n) is 9.14. The monoisotopic (exact) mass is 212 g/mol. The normalized spacial score (nSPS) is 9.43. The van der Waals surface area contributed by atoms with Crippen LogP contribution in [0.1, 0.15) is 32.6 Å². The Morgan fingerprint density at radius 2 is 1.57 bits per heavy atom. The van der Waals surface area contributed by atoms with Crippen molar-refractivity contribution in [2.24, 2.45) is 0 Å². The van der Waals surface area contributed by atoms with Crippen LogP contribution in [0.25, 0.3) is 0 Å². The summed E-state index contributed by atoms with van der Waals surface area (Å²) < 4.78 is 0. The minimum absolute atomic E-state index is 0. The lowest BCUT2D eigenvalue weighted by Crippen LogP contribution is -2.04. The van der Waals surface area contributed by atoms with E-state index in [4.69, 9.17) is 5.11 Å². The van der Waals surface area contributed by atoms with E-state index in [1.165, 1.54) is 5.56 Å². The van der Waals surface area contributed by atoms with Gasteiger partial charge in [-0.25, -0.2) is 4.79 Å². The van der Waals surface area contributed by atoms with Crippen molar-refractivity contribution >= 4 is 15.9 Å². The highest BCUT2D eigenvalue weighted by Gasteiger charge is 2.11. The van der Waals surface area contributed by atoms with Crippen molar-refractivity contribution in [2.75, 3.05) is 0 Å². The first kappa shape index (κ1) is 13.1. The molecule has 0 heterocycles. The number of benzene rings is 1. The van der Waals surface area contributed by atoms with E-state index in [1.807, 2.05) is 27.7 Å². The number of hydrogen-bond acceptors (Lipinski definition) is 1. The van der Waals surface area contributed by atoms with E-state index in [0.29, 0.717) is 5.56 Å². The lowest BCUT2D eigenvalue weighted by Gasteiger charge is -2.10. The fourth-order valence-corrected chi connectivity index (χ4v) is 1.43. The van der Waals surface area contributed by atoms with Gasteiger partial charge in [0.1, 0.15) is 0 Å². The number of carboxylic acid groups (broad SMARTS) is 1. The van der Waals surface area contributed by atoms with Crippen molar-refractivity contribution in [1.82, 2.24) is 0 Å². The van der Waals surface area contributed by atoms with E-state index in [9.17, 15) is 4.79 Å². The lowest BCUT2D eigenvalue weighted by atomic mass is 9.95. The summed E-state index contributed by atoms with van der Waals surface area (Å²) in [6.07, 6.45) is 0. The van der Waals surface area contributed by atoms with Gasteiger partial charge in [0.25, 0.3) is 0 Å². The Labute approximate surface area is 88.0 Å². The fraction of sp³-hybridized carbons (Fsp3) is 0.364. The average Bonchev–Trinajstić information content (AvgIpc) is 2.07. The van der Waals surface area contributed by atoms with Gasteiger partial charge in [0.05, 0.1) is 5.56 Å². The van der Waals surface area contributed by atoms with Gasteiger partial charge in [-0.05, 0) is 56.0 Å². The van der Waals surface area contributed by atoms with Crippen LogP contribution in [0.3, 0.4) is 0 Å². The molecule has 0 aliphatic heterocycles. The van der Waals surface area contributed by atoms with Crippen molar-refractivity contribution in [3.8, 4) is 0 Å². The quantitative estimate of drug-likeness (QED) is 0.726. The van der Waals surface area contributed by atoms with Gasteiger partial charge in [-0.3, -0.25) is 0 Å². The topological polar surface area (TPSA) is 37.3 Å². The Hall–Kier alpha value is -0.880. The largest absolute Gasteiger partial charge is 0.478 e. The maximum atomic E-state index is 10.8. The van der Waals surface area contributed by atoms with Gasteiger partial charge in [0, 0.05) is 0 Å². The van der Waals surface area contributed by atoms with E-state index in [1.54, 1.807) is 6.07 Å². The van der Waals surface area contributed by atoms with Crippen LogP contribution in [0, 0.1) is 27.7 Å². The Bertz CT molecular complexity index is 370. The van der Waals surface area contributed by atoms with E-state index < -0.39 is 5.97 Å². The average molecular weight is 212 g/mol. The second kappa shape index (κ2) is 4.56. The molecule has 0 radical (unpaired) electrons. The third-order valence-electron chi connectivity index (χ3n) is 2.71. The second-order valence-electron chi connectivity index (χ2n) is 3.42. The molecule has 2 nitrogen and oxygen atoms in total. The SMILES string of the molecule is Cc1cc(C(=O)O)c(C)c(C)c1C.P. The molecular weight excluding hydrogens is 195 g/mol.